The number of methoxy groups -OCH3 is 1. The lowest BCUT2D eigenvalue weighted by molar-refractivity contribution is 0.0880. The van der Waals surface area contributed by atoms with Crippen molar-refractivity contribution in [2.45, 2.75) is 19.3 Å². The van der Waals surface area contributed by atoms with Crippen LogP contribution in [0.5, 0.6) is 5.75 Å². The van der Waals surface area contributed by atoms with E-state index >= 15 is 0 Å². The van der Waals surface area contributed by atoms with Crippen molar-refractivity contribution in [1.82, 2.24) is 15.3 Å². The number of ether oxygens (including phenoxy) is 1. The molecule has 0 fully saturated rings. The van der Waals surface area contributed by atoms with Crippen molar-refractivity contribution in [2.75, 3.05) is 7.11 Å². The summed E-state index contributed by atoms with van der Waals surface area (Å²) in [6.45, 7) is 0. The van der Waals surface area contributed by atoms with Gasteiger partial charge in [0.05, 0.1) is 29.3 Å². The van der Waals surface area contributed by atoms with Crippen LogP contribution in [0, 0.1) is 0 Å². The Morgan fingerprint density at radius 3 is 1.94 bits per heavy atom. The number of carbonyl (C=O) groups excluding carboxylic acids is 2. The molecule has 7 heteroatoms. The van der Waals surface area contributed by atoms with Crippen molar-refractivity contribution in [3.05, 3.63) is 64.1 Å². The normalized spacial score (nSPS) is 14.8. The fraction of sp³-hybridized carbons (Fsp3) is 0.154. The van der Waals surface area contributed by atoms with E-state index in [0.717, 1.165) is 48.1 Å². The van der Waals surface area contributed by atoms with E-state index in [1.54, 1.807) is 7.11 Å². The summed E-state index contributed by atoms with van der Waals surface area (Å²) in [6, 6.07) is 11.5. The van der Waals surface area contributed by atoms with E-state index in [9.17, 15) is 9.59 Å². The van der Waals surface area contributed by atoms with Gasteiger partial charge in [-0.25, -0.2) is 0 Å². The largest absolute Gasteiger partial charge is 0.497 e. The summed E-state index contributed by atoms with van der Waals surface area (Å²) < 4.78 is 6.27. The van der Waals surface area contributed by atoms with Gasteiger partial charge < -0.3 is 14.7 Å². The molecule has 0 saturated heterocycles. The maximum absolute atomic E-state index is 12.8. The van der Waals surface area contributed by atoms with Gasteiger partial charge in [0.1, 0.15) is 5.75 Å². The zero-order chi connectivity index (χ0) is 22.7. The second-order valence-electron chi connectivity index (χ2n) is 8.29. The molecule has 2 aliphatic rings. The molecule has 3 N–H and O–H groups in total. The Morgan fingerprint density at radius 1 is 0.818 bits per heavy atom. The Hall–Kier alpha value is -3.58. The summed E-state index contributed by atoms with van der Waals surface area (Å²) in [5.41, 5.74) is 4.21. The minimum Gasteiger partial charge on any atom is -0.497 e. The van der Waals surface area contributed by atoms with E-state index in [1.165, 1.54) is 19.3 Å². The van der Waals surface area contributed by atoms with Crippen LogP contribution in [0.25, 0.3) is 43.6 Å². The first-order valence-corrected chi connectivity index (χ1v) is 11.6. The topological polar surface area (TPSA) is 87.0 Å². The molecule has 1 aliphatic carbocycles. The van der Waals surface area contributed by atoms with Crippen molar-refractivity contribution in [1.29, 1.82) is 0 Å². The van der Waals surface area contributed by atoms with Crippen LogP contribution in [0.1, 0.15) is 40.0 Å². The Kier molecular flexibility index (Phi) is 4.55. The molecule has 7 rings (SSSR count). The molecule has 0 spiro atoms. The number of carbonyl (C=O) groups is 2. The van der Waals surface area contributed by atoms with Gasteiger partial charge in [0.2, 0.25) is 0 Å². The number of rotatable bonds is 1. The van der Waals surface area contributed by atoms with Crippen LogP contribution in [-0.2, 0) is 0 Å². The molecule has 3 heterocycles. The monoisotopic (exact) mass is 501 g/mol. The van der Waals surface area contributed by atoms with E-state index in [4.69, 9.17) is 4.74 Å². The number of fused-ring (bicyclic) bond motifs is 10. The maximum atomic E-state index is 12.8. The summed E-state index contributed by atoms with van der Waals surface area (Å²) in [6.07, 6.45) is 8.50. The van der Waals surface area contributed by atoms with Crippen LogP contribution < -0.4 is 10.1 Å². The number of benzene rings is 3. The lowest BCUT2D eigenvalue weighted by atomic mass is 9.97. The van der Waals surface area contributed by atoms with Gasteiger partial charge in [0.25, 0.3) is 11.8 Å². The first-order chi connectivity index (χ1) is 16.1. The van der Waals surface area contributed by atoms with Gasteiger partial charge in [0, 0.05) is 37.1 Å². The van der Waals surface area contributed by atoms with Crippen LogP contribution in [0.3, 0.4) is 0 Å². The smallest absolute Gasteiger partial charge is 0.259 e. The molecule has 5 aromatic rings. The summed E-state index contributed by atoms with van der Waals surface area (Å²) in [4.78, 5) is 32.4. The molecule has 3 aromatic carbocycles. The fourth-order valence-electron chi connectivity index (χ4n) is 4.88. The van der Waals surface area contributed by atoms with E-state index in [1.807, 2.05) is 36.4 Å². The second kappa shape index (κ2) is 7.49. The Bertz CT molecular complexity index is 1650. The quantitative estimate of drug-likeness (QED) is 0.185. The number of nitrogens with one attached hydrogen (secondary N) is 3. The lowest BCUT2D eigenvalue weighted by Gasteiger charge is -2.03. The number of halogens is 1. The molecule has 164 valence electrons. The molecule has 0 unspecified atom stereocenters. The molecular weight excluding hydrogens is 482 g/mol. The standard InChI is InChI=1S/C21H12BrN3O3.C5H8/c1-28-9-3-5-13-11(7-9)15-17-16(20(26)25-21(17)27)14-10-6-8(22)2-4-12(10)23-18(14)19(15)24-13;1-2-4-5-3-1/h2-7,23-24H,1H3,(H,25,26,27);1-2H,3-5H2. The molecule has 0 saturated carbocycles. The highest BCUT2D eigenvalue weighted by Gasteiger charge is 2.34. The van der Waals surface area contributed by atoms with E-state index in [-0.39, 0.29) is 11.8 Å². The maximum Gasteiger partial charge on any atom is 0.259 e. The summed E-state index contributed by atoms with van der Waals surface area (Å²) >= 11 is 3.50. The highest BCUT2D eigenvalue weighted by molar-refractivity contribution is 9.10. The van der Waals surface area contributed by atoms with Crippen molar-refractivity contribution in [3.63, 3.8) is 0 Å². The van der Waals surface area contributed by atoms with Crippen LogP contribution in [0.15, 0.2) is 53.0 Å². The summed E-state index contributed by atoms with van der Waals surface area (Å²) in [7, 11) is 1.60. The van der Waals surface area contributed by atoms with Gasteiger partial charge >= 0.3 is 0 Å². The van der Waals surface area contributed by atoms with Crippen LogP contribution in [0.2, 0.25) is 0 Å². The Balaban J connectivity index is 0.000000368. The van der Waals surface area contributed by atoms with Gasteiger partial charge in [-0.15, -0.1) is 0 Å². The zero-order valence-corrected chi connectivity index (χ0v) is 19.4. The van der Waals surface area contributed by atoms with Crippen LogP contribution >= 0.6 is 15.9 Å². The van der Waals surface area contributed by atoms with Crippen LogP contribution in [-0.4, -0.2) is 28.9 Å². The third kappa shape index (κ3) is 2.99. The highest BCUT2D eigenvalue weighted by atomic mass is 79.9. The Morgan fingerprint density at radius 2 is 1.39 bits per heavy atom. The SMILES string of the molecule is C1=CCCC1.COc1ccc2[nH]c3c4[nH]c5ccc(Br)cc5c4c4c(c3c2c1)C(=O)NC4=O. The molecule has 1 aliphatic heterocycles. The Labute approximate surface area is 197 Å². The average Bonchev–Trinajstić information content (AvgIpc) is 3.59. The predicted octanol–water partition coefficient (Wildman–Crippen LogP) is 6.34. The number of amides is 2. The first-order valence-electron chi connectivity index (χ1n) is 10.8. The van der Waals surface area contributed by atoms with Crippen molar-refractivity contribution in [3.8, 4) is 5.75 Å². The zero-order valence-electron chi connectivity index (χ0n) is 17.8. The number of H-pyrrole nitrogens is 2. The molecule has 0 radical (unpaired) electrons. The number of aromatic nitrogens is 2. The number of aromatic amines is 2. The number of hydrogen-bond acceptors (Lipinski definition) is 3. The third-order valence-electron chi connectivity index (χ3n) is 6.36. The van der Waals surface area contributed by atoms with Crippen molar-refractivity contribution >= 4 is 71.4 Å². The third-order valence-corrected chi connectivity index (χ3v) is 6.85. The van der Waals surface area contributed by atoms with Crippen molar-refractivity contribution < 1.29 is 14.3 Å². The molecule has 2 aromatic heterocycles. The first kappa shape index (κ1) is 20.1. The fourth-order valence-corrected chi connectivity index (χ4v) is 5.24. The number of allylic oxidation sites excluding steroid dienone is 2. The second-order valence-corrected chi connectivity index (χ2v) is 9.20. The minimum absolute atomic E-state index is 0.370. The van der Waals surface area contributed by atoms with Crippen LogP contribution in [0.4, 0.5) is 0 Å². The van der Waals surface area contributed by atoms with E-state index < -0.39 is 0 Å². The predicted molar refractivity (Wildman–Crippen MR) is 134 cm³/mol. The van der Waals surface area contributed by atoms with Gasteiger partial charge in [-0.2, -0.15) is 0 Å². The average molecular weight is 502 g/mol. The molecule has 6 nitrogen and oxygen atoms in total. The van der Waals surface area contributed by atoms with Gasteiger partial charge in [-0.3, -0.25) is 14.9 Å². The van der Waals surface area contributed by atoms with Gasteiger partial charge in [-0.05, 0) is 55.7 Å². The minimum atomic E-state index is -0.375. The van der Waals surface area contributed by atoms with E-state index in [2.05, 4.69) is 43.4 Å². The summed E-state index contributed by atoms with van der Waals surface area (Å²) in [5.74, 6) is -0.0578. The highest BCUT2D eigenvalue weighted by Crippen LogP contribution is 2.42. The molecule has 0 bridgehead atoms. The lowest BCUT2D eigenvalue weighted by Crippen LogP contribution is -2.20. The summed E-state index contributed by atoms with van der Waals surface area (Å²) in [5, 5.41) is 5.68. The molecule has 33 heavy (non-hydrogen) atoms. The molecule has 2 amide bonds. The molecule has 0 atom stereocenters. The number of imide groups is 1. The number of hydrogen-bond donors (Lipinski definition) is 3. The van der Waals surface area contributed by atoms with Gasteiger partial charge in [0.15, 0.2) is 0 Å². The molecular formula is C26H20BrN3O3. The van der Waals surface area contributed by atoms with Crippen molar-refractivity contribution in [2.24, 2.45) is 0 Å². The van der Waals surface area contributed by atoms with Gasteiger partial charge in [-0.1, -0.05) is 28.1 Å². The van der Waals surface area contributed by atoms with E-state index in [0.29, 0.717) is 16.9 Å².